The molecule has 212 valence electrons. The molecule has 2 aromatic carbocycles. The summed E-state index contributed by atoms with van der Waals surface area (Å²) in [5.74, 6) is 3.41. The maximum atomic E-state index is 12.1. The quantitative estimate of drug-likeness (QED) is 0.366. The normalized spacial score (nSPS) is 40.8. The minimum atomic E-state index is -1.01. The summed E-state index contributed by atoms with van der Waals surface area (Å²) >= 11 is 0. The average Bonchev–Trinajstić information content (AvgIpc) is 3.32. The summed E-state index contributed by atoms with van der Waals surface area (Å²) in [5.41, 5.74) is 1.14. The van der Waals surface area contributed by atoms with Crippen LogP contribution in [0.3, 0.4) is 0 Å². The third-order valence-electron chi connectivity index (χ3n) is 13.0. The molecule has 0 heterocycles. The van der Waals surface area contributed by atoms with Crippen LogP contribution in [0.2, 0.25) is 0 Å². The van der Waals surface area contributed by atoms with E-state index in [2.05, 4.69) is 45.0 Å². The lowest BCUT2D eigenvalue weighted by atomic mass is 9.43. The minimum absolute atomic E-state index is 0.0461. The van der Waals surface area contributed by atoms with Gasteiger partial charge in [0, 0.05) is 0 Å². The molecule has 3 N–H and O–H groups in total. The summed E-state index contributed by atoms with van der Waals surface area (Å²) < 4.78 is 0. The summed E-state index contributed by atoms with van der Waals surface area (Å²) in [6, 6.07) is 20.3. The van der Waals surface area contributed by atoms with Crippen LogP contribution < -0.4 is 0 Å². The van der Waals surface area contributed by atoms with Crippen LogP contribution in [0.4, 0.5) is 0 Å². The van der Waals surface area contributed by atoms with Crippen molar-refractivity contribution in [2.75, 3.05) is 0 Å². The van der Waals surface area contributed by atoms with Gasteiger partial charge in [0.1, 0.15) is 5.60 Å². The van der Waals surface area contributed by atoms with Crippen molar-refractivity contribution in [3.05, 3.63) is 71.8 Å². The van der Waals surface area contributed by atoms with E-state index in [9.17, 15) is 15.3 Å². The fourth-order valence-corrected chi connectivity index (χ4v) is 10.7. The molecular formula is C36H50O3. The third-order valence-corrected chi connectivity index (χ3v) is 13.0. The first kappa shape index (κ1) is 27.5. The van der Waals surface area contributed by atoms with Gasteiger partial charge in [-0.1, -0.05) is 81.4 Å². The van der Waals surface area contributed by atoms with E-state index in [1.165, 1.54) is 25.7 Å². The zero-order valence-electron chi connectivity index (χ0n) is 24.3. The van der Waals surface area contributed by atoms with E-state index in [4.69, 9.17) is 0 Å². The molecule has 39 heavy (non-hydrogen) atoms. The van der Waals surface area contributed by atoms with Crippen LogP contribution in [0.15, 0.2) is 60.7 Å². The molecule has 0 saturated heterocycles. The van der Waals surface area contributed by atoms with Crippen LogP contribution in [0.1, 0.15) is 96.1 Å². The maximum Gasteiger partial charge on any atom is 0.115 e. The van der Waals surface area contributed by atoms with Crippen molar-refractivity contribution in [1.82, 2.24) is 0 Å². The average molecular weight is 531 g/mol. The van der Waals surface area contributed by atoms with Crippen molar-refractivity contribution in [3.8, 4) is 0 Å². The van der Waals surface area contributed by atoms with Gasteiger partial charge in [-0.15, -0.1) is 0 Å². The van der Waals surface area contributed by atoms with Crippen LogP contribution in [0.5, 0.6) is 0 Å². The molecule has 0 unspecified atom stereocenters. The van der Waals surface area contributed by atoms with Gasteiger partial charge in [-0.25, -0.2) is 0 Å². The van der Waals surface area contributed by atoms with Crippen molar-refractivity contribution >= 4 is 0 Å². The standard InChI is InChI=1S/C36H50O3/c1-24(18-21-36(39,25-10-6-4-7-11-25)26-12-8-5-9-13-26)30-16-17-31-29-15-14-27-22-28(37)19-20-34(27,2)32(29)23-33(38)35(30,31)3/h4-13,24,27-33,37-39H,14-23H2,1-3H3/t24-,27-,28-,29+,30-,31+,32+,33+,34+,35-/m1/s1. The van der Waals surface area contributed by atoms with Crippen molar-refractivity contribution < 1.29 is 15.3 Å². The lowest BCUT2D eigenvalue weighted by molar-refractivity contribution is -0.175. The van der Waals surface area contributed by atoms with Gasteiger partial charge in [0.2, 0.25) is 0 Å². The zero-order valence-corrected chi connectivity index (χ0v) is 24.3. The molecule has 0 bridgehead atoms. The molecule has 0 spiro atoms. The molecule has 4 aliphatic rings. The Morgan fingerprint density at radius 3 is 2.10 bits per heavy atom. The molecule has 3 heteroatoms. The Bertz CT molecular complexity index is 1080. The monoisotopic (exact) mass is 530 g/mol. The predicted octanol–water partition coefficient (Wildman–Crippen LogP) is 7.33. The topological polar surface area (TPSA) is 60.7 Å². The number of aliphatic hydroxyl groups is 3. The molecular weight excluding hydrogens is 480 g/mol. The van der Waals surface area contributed by atoms with Crippen LogP contribution >= 0.6 is 0 Å². The second-order valence-corrected chi connectivity index (χ2v) is 14.5. The smallest absolute Gasteiger partial charge is 0.115 e. The van der Waals surface area contributed by atoms with Crippen molar-refractivity contribution in [2.24, 2.45) is 46.3 Å². The highest BCUT2D eigenvalue weighted by Gasteiger charge is 2.63. The zero-order chi connectivity index (χ0) is 27.4. The molecule has 2 aromatic rings. The van der Waals surface area contributed by atoms with Gasteiger partial charge in [0.25, 0.3) is 0 Å². The van der Waals surface area contributed by atoms with E-state index in [-0.39, 0.29) is 23.0 Å². The Kier molecular flexibility index (Phi) is 7.26. The van der Waals surface area contributed by atoms with Crippen LogP contribution in [-0.2, 0) is 5.60 Å². The first-order chi connectivity index (χ1) is 18.7. The lowest BCUT2D eigenvalue weighted by Crippen LogP contribution is -2.58. The van der Waals surface area contributed by atoms with Gasteiger partial charge in [-0.3, -0.25) is 0 Å². The number of aliphatic hydroxyl groups excluding tert-OH is 2. The SMILES string of the molecule is C[C@H](CCC(O)(c1ccccc1)c1ccccc1)[C@H]1CC[C@H]2[C@@H]3CC[C@@H]4C[C@H](O)CC[C@]4(C)[C@H]3C[C@H](O)[C@]12C. The Hall–Kier alpha value is -1.68. The van der Waals surface area contributed by atoms with Gasteiger partial charge < -0.3 is 15.3 Å². The molecule has 0 radical (unpaired) electrons. The van der Waals surface area contributed by atoms with Crippen LogP contribution in [-0.4, -0.2) is 27.5 Å². The summed E-state index contributed by atoms with van der Waals surface area (Å²) in [4.78, 5) is 0. The van der Waals surface area contributed by atoms with Crippen molar-refractivity contribution in [3.63, 3.8) is 0 Å². The van der Waals surface area contributed by atoms with E-state index in [1.807, 2.05) is 36.4 Å². The number of fused-ring (bicyclic) bond motifs is 5. The highest BCUT2D eigenvalue weighted by Crippen LogP contribution is 2.68. The molecule has 6 rings (SSSR count). The largest absolute Gasteiger partial charge is 0.393 e. The third kappa shape index (κ3) is 4.43. The number of rotatable bonds is 6. The van der Waals surface area contributed by atoms with E-state index in [0.29, 0.717) is 41.9 Å². The second-order valence-electron chi connectivity index (χ2n) is 14.5. The first-order valence-electron chi connectivity index (χ1n) is 15.9. The molecule has 0 aromatic heterocycles. The Balaban J connectivity index is 1.22. The van der Waals surface area contributed by atoms with Gasteiger partial charge in [0.05, 0.1) is 12.2 Å². The number of hydrogen-bond donors (Lipinski definition) is 3. The summed E-state index contributed by atoms with van der Waals surface area (Å²) in [6.07, 6.45) is 10.1. The molecule has 10 atom stereocenters. The number of benzene rings is 2. The van der Waals surface area contributed by atoms with Gasteiger partial charge in [-0.2, -0.15) is 0 Å². The van der Waals surface area contributed by atoms with E-state index >= 15 is 0 Å². The number of hydrogen-bond acceptors (Lipinski definition) is 3. The molecule has 4 aliphatic carbocycles. The van der Waals surface area contributed by atoms with E-state index in [1.54, 1.807) is 0 Å². The van der Waals surface area contributed by atoms with Gasteiger partial charge in [-0.05, 0) is 122 Å². The maximum absolute atomic E-state index is 12.1. The summed E-state index contributed by atoms with van der Waals surface area (Å²) in [5, 5.41) is 34.5. The van der Waals surface area contributed by atoms with Crippen molar-refractivity contribution in [2.45, 2.75) is 103 Å². The second kappa shape index (κ2) is 10.3. The predicted molar refractivity (Wildman–Crippen MR) is 157 cm³/mol. The lowest BCUT2D eigenvalue weighted by Gasteiger charge is -2.62. The Labute approximate surface area is 236 Å². The van der Waals surface area contributed by atoms with Gasteiger partial charge >= 0.3 is 0 Å². The van der Waals surface area contributed by atoms with Crippen LogP contribution in [0.25, 0.3) is 0 Å². The summed E-state index contributed by atoms with van der Waals surface area (Å²) in [6.45, 7) is 7.30. The van der Waals surface area contributed by atoms with Gasteiger partial charge in [0.15, 0.2) is 0 Å². The highest BCUT2D eigenvalue weighted by molar-refractivity contribution is 5.35. The molecule has 0 amide bonds. The Morgan fingerprint density at radius 1 is 0.821 bits per heavy atom. The molecule has 3 nitrogen and oxygen atoms in total. The first-order valence-corrected chi connectivity index (χ1v) is 15.9. The Morgan fingerprint density at radius 2 is 1.46 bits per heavy atom. The molecule has 0 aliphatic heterocycles. The van der Waals surface area contributed by atoms with Crippen LogP contribution in [0, 0.1) is 46.3 Å². The fourth-order valence-electron chi connectivity index (χ4n) is 10.7. The fraction of sp³-hybridized carbons (Fsp3) is 0.667. The van der Waals surface area contributed by atoms with E-state index in [0.717, 1.165) is 43.2 Å². The van der Waals surface area contributed by atoms with E-state index < -0.39 is 5.60 Å². The molecule has 4 saturated carbocycles. The summed E-state index contributed by atoms with van der Waals surface area (Å²) in [7, 11) is 0. The molecule has 4 fully saturated rings. The minimum Gasteiger partial charge on any atom is -0.393 e. The van der Waals surface area contributed by atoms with Crippen molar-refractivity contribution in [1.29, 1.82) is 0 Å². The highest BCUT2D eigenvalue weighted by atomic mass is 16.3.